The van der Waals surface area contributed by atoms with Crippen LogP contribution in [-0.4, -0.2) is 4.57 Å². The van der Waals surface area contributed by atoms with Gasteiger partial charge in [0.2, 0.25) is 0 Å². The monoisotopic (exact) mass is 291 g/mol. The number of thiazole rings is 1. The fraction of sp³-hybridized carbons (Fsp3) is 0.0714. The maximum Gasteiger partial charge on any atom is 0.310 e. The third-order valence-electron chi connectivity index (χ3n) is 2.76. The van der Waals surface area contributed by atoms with E-state index in [1.54, 1.807) is 16.7 Å². The van der Waals surface area contributed by atoms with E-state index < -0.39 is 0 Å². The molecule has 0 aliphatic heterocycles. The molecular formula is C14H10ClNO2S. The Morgan fingerprint density at radius 1 is 1.11 bits per heavy atom. The van der Waals surface area contributed by atoms with E-state index in [2.05, 4.69) is 0 Å². The zero-order valence-corrected chi connectivity index (χ0v) is 11.4. The van der Waals surface area contributed by atoms with E-state index in [4.69, 9.17) is 16.3 Å². The van der Waals surface area contributed by atoms with Crippen molar-refractivity contribution >= 4 is 33.2 Å². The number of hydrogen-bond acceptors (Lipinski definition) is 3. The number of aromatic nitrogens is 1. The first-order chi connectivity index (χ1) is 9.25. The van der Waals surface area contributed by atoms with E-state index >= 15 is 0 Å². The Balaban J connectivity index is 1.92. The van der Waals surface area contributed by atoms with Crippen molar-refractivity contribution < 1.29 is 4.74 Å². The molecule has 0 radical (unpaired) electrons. The van der Waals surface area contributed by atoms with Crippen molar-refractivity contribution in [2.75, 3.05) is 0 Å². The third-order valence-corrected chi connectivity index (χ3v) is 4.03. The molecule has 3 rings (SSSR count). The van der Waals surface area contributed by atoms with E-state index in [-0.39, 0.29) is 11.6 Å². The highest BCUT2D eigenvalue weighted by molar-refractivity contribution is 7.16. The largest absolute Gasteiger partial charge is 0.471 e. The quantitative estimate of drug-likeness (QED) is 0.736. The van der Waals surface area contributed by atoms with Crippen LogP contribution in [0.5, 0.6) is 5.75 Å². The lowest BCUT2D eigenvalue weighted by atomic mass is 10.3. The first-order valence-electron chi connectivity index (χ1n) is 5.71. The summed E-state index contributed by atoms with van der Waals surface area (Å²) in [6, 6.07) is 14.9. The number of nitrogens with zero attached hydrogens (tertiary/aromatic N) is 1. The van der Waals surface area contributed by atoms with Crippen molar-refractivity contribution in [3.05, 3.63) is 63.2 Å². The Morgan fingerprint density at radius 2 is 1.84 bits per heavy atom. The van der Waals surface area contributed by atoms with Gasteiger partial charge >= 0.3 is 4.87 Å². The van der Waals surface area contributed by atoms with Crippen molar-refractivity contribution in [3.63, 3.8) is 0 Å². The second-order valence-electron chi connectivity index (χ2n) is 3.97. The van der Waals surface area contributed by atoms with Crippen LogP contribution in [0.25, 0.3) is 10.2 Å². The highest BCUT2D eigenvalue weighted by Gasteiger charge is 2.07. The van der Waals surface area contributed by atoms with Gasteiger partial charge in [-0.15, -0.1) is 0 Å². The van der Waals surface area contributed by atoms with E-state index in [9.17, 15) is 4.79 Å². The van der Waals surface area contributed by atoms with Crippen LogP contribution in [0.15, 0.2) is 53.3 Å². The molecule has 3 nitrogen and oxygen atoms in total. The first kappa shape index (κ1) is 12.3. The number of hydrogen-bond donors (Lipinski definition) is 0. The predicted octanol–water partition coefficient (Wildman–Crippen LogP) is 3.75. The number of rotatable bonds is 3. The highest BCUT2D eigenvalue weighted by atomic mass is 35.5. The van der Waals surface area contributed by atoms with Gasteiger partial charge in [-0.05, 0) is 24.3 Å². The summed E-state index contributed by atoms with van der Waals surface area (Å²) < 4.78 is 8.16. The normalized spacial score (nSPS) is 10.8. The summed E-state index contributed by atoms with van der Waals surface area (Å²) >= 11 is 7.23. The molecule has 0 aliphatic carbocycles. The minimum atomic E-state index is -0.0340. The van der Waals surface area contributed by atoms with E-state index in [1.165, 1.54) is 11.3 Å². The van der Waals surface area contributed by atoms with E-state index in [1.807, 2.05) is 36.4 Å². The second kappa shape index (κ2) is 5.07. The van der Waals surface area contributed by atoms with E-state index in [0.717, 1.165) is 10.2 Å². The van der Waals surface area contributed by atoms with Crippen LogP contribution >= 0.6 is 22.9 Å². The Bertz CT molecular complexity index is 778. The van der Waals surface area contributed by atoms with Crippen molar-refractivity contribution in [2.24, 2.45) is 0 Å². The highest BCUT2D eigenvalue weighted by Crippen LogP contribution is 2.24. The van der Waals surface area contributed by atoms with E-state index in [0.29, 0.717) is 10.8 Å². The zero-order valence-electron chi connectivity index (χ0n) is 9.88. The van der Waals surface area contributed by atoms with Gasteiger partial charge < -0.3 is 4.74 Å². The van der Waals surface area contributed by atoms with Gasteiger partial charge in [-0.2, -0.15) is 0 Å². The number of ether oxygens (including phenoxy) is 1. The molecule has 0 aliphatic rings. The first-order valence-corrected chi connectivity index (χ1v) is 6.91. The molecule has 1 heterocycles. The summed E-state index contributed by atoms with van der Waals surface area (Å²) in [5, 5.41) is 0.537. The van der Waals surface area contributed by atoms with Gasteiger partial charge in [-0.25, -0.2) is 0 Å². The Kier molecular flexibility index (Phi) is 3.27. The summed E-state index contributed by atoms with van der Waals surface area (Å²) in [6.45, 7) is 0.159. The lowest BCUT2D eigenvalue weighted by Crippen LogP contribution is -2.16. The van der Waals surface area contributed by atoms with Crippen LogP contribution in [0.4, 0.5) is 0 Å². The second-order valence-corrected chi connectivity index (χ2v) is 5.37. The molecule has 1 aromatic heterocycles. The summed E-state index contributed by atoms with van der Waals surface area (Å²) in [5.41, 5.74) is 0.879. The molecule has 5 heteroatoms. The van der Waals surface area contributed by atoms with Gasteiger partial charge in [0.15, 0.2) is 6.73 Å². The summed E-state index contributed by atoms with van der Waals surface area (Å²) in [4.78, 5) is 11.9. The average Bonchev–Trinajstić information content (AvgIpc) is 2.74. The summed E-state index contributed by atoms with van der Waals surface area (Å²) in [7, 11) is 0. The molecule has 0 amide bonds. The van der Waals surface area contributed by atoms with Crippen LogP contribution < -0.4 is 9.61 Å². The molecule has 0 spiro atoms. The molecule has 0 bridgehead atoms. The maximum atomic E-state index is 11.9. The number of fused-ring (bicyclic) bond motifs is 1. The Hall–Kier alpha value is -1.78. The molecule has 0 saturated heterocycles. The molecule has 0 saturated carbocycles. The Morgan fingerprint density at radius 3 is 2.68 bits per heavy atom. The van der Waals surface area contributed by atoms with Crippen molar-refractivity contribution in [3.8, 4) is 5.75 Å². The molecule has 19 heavy (non-hydrogen) atoms. The van der Waals surface area contributed by atoms with Crippen LogP contribution in [0.1, 0.15) is 0 Å². The minimum absolute atomic E-state index is 0.0340. The Labute approximate surface area is 118 Å². The molecule has 0 unspecified atom stereocenters. The smallest absolute Gasteiger partial charge is 0.310 e. The SMILES string of the molecule is O=c1sc2ccccc2n1COc1ccccc1Cl. The molecular weight excluding hydrogens is 282 g/mol. The van der Waals surface area contributed by atoms with Gasteiger partial charge in [0, 0.05) is 0 Å². The van der Waals surface area contributed by atoms with Gasteiger partial charge in [-0.3, -0.25) is 9.36 Å². The fourth-order valence-corrected chi connectivity index (χ4v) is 2.90. The molecule has 3 aromatic rings. The molecule has 0 atom stereocenters. The molecule has 0 fully saturated rings. The van der Waals surface area contributed by atoms with Gasteiger partial charge in [-0.1, -0.05) is 47.2 Å². The minimum Gasteiger partial charge on any atom is -0.471 e. The average molecular weight is 292 g/mol. The van der Waals surface area contributed by atoms with Crippen molar-refractivity contribution in [1.29, 1.82) is 0 Å². The topological polar surface area (TPSA) is 31.2 Å². The standard InChI is InChI=1S/C14H10ClNO2S/c15-10-5-1-3-7-12(10)18-9-16-11-6-2-4-8-13(11)19-14(16)17/h1-8H,9H2. The number of benzene rings is 2. The maximum absolute atomic E-state index is 11.9. The summed E-state index contributed by atoms with van der Waals surface area (Å²) in [6.07, 6.45) is 0. The fourth-order valence-electron chi connectivity index (χ4n) is 1.83. The zero-order chi connectivity index (χ0) is 13.2. The van der Waals surface area contributed by atoms with Gasteiger partial charge in [0.25, 0.3) is 0 Å². The predicted molar refractivity (Wildman–Crippen MR) is 78.2 cm³/mol. The summed E-state index contributed by atoms with van der Waals surface area (Å²) in [5.74, 6) is 0.575. The molecule has 96 valence electrons. The van der Waals surface area contributed by atoms with Crippen LogP contribution in [0.2, 0.25) is 5.02 Å². The number of halogens is 1. The van der Waals surface area contributed by atoms with Crippen molar-refractivity contribution in [2.45, 2.75) is 6.73 Å². The van der Waals surface area contributed by atoms with Crippen LogP contribution in [-0.2, 0) is 6.73 Å². The van der Waals surface area contributed by atoms with Gasteiger partial charge in [0.1, 0.15) is 5.75 Å². The van der Waals surface area contributed by atoms with Gasteiger partial charge in [0.05, 0.1) is 15.2 Å². The van der Waals surface area contributed by atoms with Crippen molar-refractivity contribution in [1.82, 2.24) is 4.57 Å². The third kappa shape index (κ3) is 2.37. The molecule has 0 N–H and O–H groups in total. The lowest BCUT2D eigenvalue weighted by Gasteiger charge is -2.08. The molecule has 2 aromatic carbocycles. The lowest BCUT2D eigenvalue weighted by molar-refractivity contribution is 0.239. The van der Waals surface area contributed by atoms with Crippen LogP contribution in [0.3, 0.4) is 0 Å². The number of para-hydroxylation sites is 2. The van der Waals surface area contributed by atoms with Crippen LogP contribution in [0, 0.1) is 0 Å².